The van der Waals surface area contributed by atoms with Gasteiger partial charge in [-0.1, -0.05) is 108 Å². The average molecular weight is 763 g/mol. The number of carbonyl (C=O) groups excluding carboxylic acids is 2. The highest BCUT2D eigenvalue weighted by Crippen LogP contribution is 2.47. The number of hydrogen-bond acceptors (Lipinski definition) is 6. The lowest BCUT2D eigenvalue weighted by molar-refractivity contribution is -0.296. The summed E-state index contributed by atoms with van der Waals surface area (Å²) in [7, 11) is 0. The summed E-state index contributed by atoms with van der Waals surface area (Å²) in [5, 5.41) is 14.1. The van der Waals surface area contributed by atoms with Crippen molar-refractivity contribution < 1.29 is 24.2 Å². The Hall–Kier alpha value is -3.88. The van der Waals surface area contributed by atoms with Crippen molar-refractivity contribution in [2.24, 2.45) is 17.3 Å². The van der Waals surface area contributed by atoms with E-state index in [0.29, 0.717) is 49.4 Å². The number of allylic oxidation sites excluding steroid dienone is 6. The highest BCUT2D eigenvalue weighted by Gasteiger charge is 2.35. The summed E-state index contributed by atoms with van der Waals surface area (Å²) < 4.78 is 12.2. The zero-order valence-corrected chi connectivity index (χ0v) is 34.6. The minimum atomic E-state index is -0.779. The Balaban J connectivity index is 1.54. The Morgan fingerprint density at radius 1 is 0.741 bits per heavy atom. The quantitative estimate of drug-likeness (QED) is 0.0626. The SMILES string of the molecule is CC(C)CCOCC(C)(C)C1=C/C(=C\C2=C([O-])C(=C/c3cc(-c4ccccc4)[s+]c(C(C)(C)COCCC(C)C)c3)/C(=O)C2=O)C=C(c2ccccc2)S1. The normalized spacial score (nSPS) is 17.0. The summed E-state index contributed by atoms with van der Waals surface area (Å²) in [6, 6.07) is 24.1. The number of Topliss-reactive ketones (excluding diaryl/α,β-unsaturated/α-hetero) is 2. The van der Waals surface area contributed by atoms with Gasteiger partial charge in [-0.05, 0) is 96.6 Å². The summed E-state index contributed by atoms with van der Waals surface area (Å²) >= 11 is 3.34. The molecule has 0 unspecified atom stereocenters. The van der Waals surface area contributed by atoms with Crippen LogP contribution in [-0.2, 0) is 24.5 Å². The first-order valence-electron chi connectivity index (χ1n) is 19.0. The number of ketones is 2. The van der Waals surface area contributed by atoms with Crippen molar-refractivity contribution in [3.05, 3.63) is 134 Å². The number of carbonyl (C=O) groups is 2. The van der Waals surface area contributed by atoms with Crippen molar-refractivity contribution in [1.82, 2.24) is 0 Å². The third-order valence-corrected chi connectivity index (χ3v) is 12.4. The summed E-state index contributed by atoms with van der Waals surface area (Å²) in [6.07, 6.45) is 9.16. The highest BCUT2D eigenvalue weighted by molar-refractivity contribution is 8.11. The van der Waals surface area contributed by atoms with Crippen LogP contribution in [-0.4, -0.2) is 38.0 Å². The number of rotatable bonds is 16. The molecular formula is C47H54O5S2. The van der Waals surface area contributed by atoms with Gasteiger partial charge in [0.1, 0.15) is 0 Å². The van der Waals surface area contributed by atoms with Gasteiger partial charge in [-0.15, -0.1) is 0 Å². The first-order chi connectivity index (χ1) is 25.6. The van der Waals surface area contributed by atoms with E-state index in [2.05, 4.69) is 55.4 Å². The summed E-state index contributed by atoms with van der Waals surface area (Å²) in [4.78, 5) is 31.3. The van der Waals surface area contributed by atoms with Gasteiger partial charge in [-0.25, -0.2) is 0 Å². The molecule has 0 amide bonds. The molecule has 5 rings (SSSR count). The Kier molecular flexibility index (Phi) is 13.9. The second kappa shape index (κ2) is 18.2. The maximum Gasteiger partial charge on any atom is 0.238 e. The van der Waals surface area contributed by atoms with Crippen LogP contribution in [0.3, 0.4) is 0 Å². The Morgan fingerprint density at radius 2 is 1.31 bits per heavy atom. The second-order valence-electron chi connectivity index (χ2n) is 16.3. The molecule has 0 saturated heterocycles. The van der Waals surface area contributed by atoms with Gasteiger partial charge in [0.2, 0.25) is 32.7 Å². The molecule has 0 atom stereocenters. The van der Waals surface area contributed by atoms with E-state index in [1.54, 1.807) is 35.3 Å². The molecule has 54 heavy (non-hydrogen) atoms. The molecule has 7 heteroatoms. The maximum absolute atomic E-state index is 14.1. The van der Waals surface area contributed by atoms with Crippen LogP contribution in [0.15, 0.2) is 118 Å². The Bertz CT molecular complexity index is 1980. The van der Waals surface area contributed by atoms with E-state index in [4.69, 9.17) is 9.47 Å². The molecule has 0 radical (unpaired) electrons. The lowest BCUT2D eigenvalue weighted by Crippen LogP contribution is -2.24. The van der Waals surface area contributed by atoms with Crippen molar-refractivity contribution in [3.8, 4) is 10.4 Å². The van der Waals surface area contributed by atoms with Crippen molar-refractivity contribution >= 4 is 45.6 Å². The molecule has 0 spiro atoms. The zero-order valence-electron chi connectivity index (χ0n) is 33.0. The minimum absolute atomic E-state index is 0.112. The first kappa shape index (κ1) is 41.3. The monoisotopic (exact) mass is 762 g/mol. The smallest absolute Gasteiger partial charge is 0.238 e. The molecule has 284 valence electrons. The fourth-order valence-electron chi connectivity index (χ4n) is 5.99. The second-order valence-corrected chi connectivity index (χ2v) is 18.5. The summed E-state index contributed by atoms with van der Waals surface area (Å²) in [5.74, 6) is -0.999. The summed E-state index contributed by atoms with van der Waals surface area (Å²) in [5.41, 5.74) is 2.56. The third kappa shape index (κ3) is 10.7. The topological polar surface area (TPSA) is 75.7 Å². The van der Waals surface area contributed by atoms with Crippen LogP contribution in [0, 0.1) is 17.3 Å². The molecule has 0 bridgehead atoms. The molecule has 1 aliphatic heterocycles. The van der Waals surface area contributed by atoms with E-state index in [1.165, 1.54) is 0 Å². The van der Waals surface area contributed by atoms with Gasteiger partial charge in [0.25, 0.3) is 0 Å². The zero-order chi connectivity index (χ0) is 39.0. The Morgan fingerprint density at radius 3 is 1.91 bits per heavy atom. The maximum atomic E-state index is 14.1. The predicted octanol–water partition coefficient (Wildman–Crippen LogP) is 10.9. The van der Waals surface area contributed by atoms with Crippen LogP contribution in [0.1, 0.15) is 84.2 Å². The van der Waals surface area contributed by atoms with Crippen LogP contribution < -0.4 is 5.11 Å². The average Bonchev–Trinajstić information content (AvgIpc) is 3.34. The van der Waals surface area contributed by atoms with Crippen LogP contribution >= 0.6 is 23.1 Å². The Labute approximate surface area is 330 Å². The van der Waals surface area contributed by atoms with E-state index < -0.39 is 17.3 Å². The van der Waals surface area contributed by atoms with Gasteiger partial charge in [-0.3, -0.25) is 9.59 Å². The third-order valence-electron chi connectivity index (χ3n) is 9.49. The number of hydrogen-bond donors (Lipinski definition) is 0. The molecule has 3 aromatic rings. The van der Waals surface area contributed by atoms with E-state index in [-0.39, 0.29) is 22.0 Å². The number of benzene rings is 2. The van der Waals surface area contributed by atoms with E-state index in [1.807, 2.05) is 84.9 Å². The van der Waals surface area contributed by atoms with Crippen LogP contribution in [0.5, 0.6) is 0 Å². The lowest BCUT2D eigenvalue weighted by atomic mass is 9.91. The van der Waals surface area contributed by atoms with Gasteiger partial charge < -0.3 is 14.6 Å². The molecule has 2 aliphatic rings. The van der Waals surface area contributed by atoms with Gasteiger partial charge in [0, 0.05) is 52.4 Å². The molecule has 2 heterocycles. The molecule has 1 aliphatic carbocycles. The predicted molar refractivity (Wildman–Crippen MR) is 225 cm³/mol. The van der Waals surface area contributed by atoms with Crippen molar-refractivity contribution in [3.63, 3.8) is 0 Å². The molecule has 1 aromatic heterocycles. The van der Waals surface area contributed by atoms with Crippen LogP contribution in [0.25, 0.3) is 21.4 Å². The minimum Gasteiger partial charge on any atom is -0.871 e. The highest BCUT2D eigenvalue weighted by atomic mass is 32.2. The first-order valence-corrected chi connectivity index (χ1v) is 20.6. The van der Waals surface area contributed by atoms with E-state index >= 15 is 0 Å². The molecular weight excluding hydrogens is 709 g/mol. The molecule has 2 aromatic carbocycles. The van der Waals surface area contributed by atoms with Crippen molar-refractivity contribution in [2.45, 2.75) is 73.6 Å². The van der Waals surface area contributed by atoms with Gasteiger partial charge >= 0.3 is 0 Å². The fourth-order valence-corrected chi connectivity index (χ4v) is 8.43. The van der Waals surface area contributed by atoms with E-state index in [0.717, 1.165) is 43.5 Å². The largest absolute Gasteiger partial charge is 0.871 e. The lowest BCUT2D eigenvalue weighted by Gasteiger charge is -2.30. The van der Waals surface area contributed by atoms with Crippen LogP contribution in [0.4, 0.5) is 0 Å². The number of ether oxygens (including phenoxy) is 2. The number of thioether (sulfide) groups is 1. The summed E-state index contributed by atoms with van der Waals surface area (Å²) in [6.45, 7) is 19.7. The van der Waals surface area contributed by atoms with Gasteiger partial charge in [0.05, 0.1) is 18.6 Å². The molecule has 0 N–H and O–H groups in total. The molecule has 5 nitrogen and oxygen atoms in total. The van der Waals surface area contributed by atoms with Crippen LogP contribution in [0.2, 0.25) is 0 Å². The van der Waals surface area contributed by atoms with Gasteiger partial charge in [0.15, 0.2) is 0 Å². The van der Waals surface area contributed by atoms with E-state index in [9.17, 15) is 14.7 Å². The standard InChI is InChI=1S/C47H54O5S2/c1-31(2)19-21-51-29-46(5,6)41-27-33(25-39(53-41)35-15-11-9-12-16-35)23-37-43(48)38(45(50)44(37)49)24-34-26-40(36-17-13-10-14-18-36)54-42(28-34)47(7,8)30-52-22-20-32(3)4/h9-18,23-28,31-32H,19-22,29-30H2,1-8H3. The van der Waals surface area contributed by atoms with Crippen molar-refractivity contribution in [1.29, 1.82) is 0 Å². The van der Waals surface area contributed by atoms with Gasteiger partial charge in [-0.2, -0.15) is 0 Å². The van der Waals surface area contributed by atoms with Crippen molar-refractivity contribution in [2.75, 3.05) is 26.4 Å². The molecule has 0 fully saturated rings. The fraction of sp³-hybridized carbons (Fsp3) is 0.383. The molecule has 0 saturated carbocycles.